The first-order chi connectivity index (χ1) is 8.86. The molecule has 0 bridgehead atoms. The van der Waals surface area contributed by atoms with Crippen molar-refractivity contribution in [3.63, 3.8) is 0 Å². The lowest BCUT2D eigenvalue weighted by molar-refractivity contribution is 1.34. The molecule has 0 atom stereocenters. The average molecular weight is 258 g/mol. The minimum Gasteiger partial charge on any atom is -0.322 e. The Labute approximate surface area is 111 Å². The molecule has 2 rings (SSSR count). The van der Waals surface area contributed by atoms with Crippen molar-refractivity contribution < 1.29 is 0 Å². The summed E-state index contributed by atoms with van der Waals surface area (Å²) in [5, 5.41) is 0. The first kappa shape index (κ1) is 13.0. The van der Waals surface area contributed by atoms with Crippen molar-refractivity contribution in [2.24, 2.45) is 11.5 Å². The molecule has 0 saturated heterocycles. The molecular formula is C15H18N2S. The monoisotopic (exact) mass is 258 g/mol. The summed E-state index contributed by atoms with van der Waals surface area (Å²) in [5.41, 5.74) is 14.2. The Morgan fingerprint density at radius 1 is 0.722 bits per heavy atom. The standard InChI is InChI=1S/C15H18N2S/c16-11-18(12-17)15(13-7-3-1-4-8-13)14-9-5-2-6-10-14/h1-10H,11-12,16-17H2. The van der Waals surface area contributed by atoms with E-state index in [0.717, 1.165) is 0 Å². The van der Waals surface area contributed by atoms with Crippen LogP contribution in [0.1, 0.15) is 11.1 Å². The summed E-state index contributed by atoms with van der Waals surface area (Å²) in [4.78, 5) is 1.27. The zero-order valence-corrected chi connectivity index (χ0v) is 11.1. The first-order valence-corrected chi connectivity index (χ1v) is 7.48. The summed E-state index contributed by atoms with van der Waals surface area (Å²) in [6.45, 7) is 0. The van der Waals surface area contributed by atoms with E-state index < -0.39 is 0 Å². The van der Waals surface area contributed by atoms with Gasteiger partial charge in [0.25, 0.3) is 0 Å². The zero-order valence-electron chi connectivity index (χ0n) is 10.3. The average Bonchev–Trinajstić information content (AvgIpc) is 2.46. The maximum absolute atomic E-state index is 5.87. The fourth-order valence-corrected chi connectivity index (χ4v) is 3.32. The largest absolute Gasteiger partial charge is 0.322 e. The van der Waals surface area contributed by atoms with E-state index in [1.807, 2.05) is 36.4 Å². The van der Waals surface area contributed by atoms with Gasteiger partial charge in [-0.2, -0.15) is 0 Å². The minimum atomic E-state index is -0.106. The quantitative estimate of drug-likeness (QED) is 0.653. The van der Waals surface area contributed by atoms with Crippen molar-refractivity contribution in [1.82, 2.24) is 0 Å². The molecule has 3 heteroatoms. The third kappa shape index (κ3) is 2.88. The predicted octanol–water partition coefficient (Wildman–Crippen LogP) is 2.36. The fraction of sp³-hybridized carbons (Fsp3) is 0.133. The van der Waals surface area contributed by atoms with Crippen LogP contribution in [0.25, 0.3) is 0 Å². The Bertz CT molecular complexity index is 473. The molecule has 0 spiro atoms. The second-order valence-electron chi connectivity index (χ2n) is 3.89. The topological polar surface area (TPSA) is 52.0 Å². The second kappa shape index (κ2) is 6.50. The van der Waals surface area contributed by atoms with Crippen molar-refractivity contribution in [2.45, 2.75) is 0 Å². The van der Waals surface area contributed by atoms with Crippen LogP contribution < -0.4 is 11.5 Å². The van der Waals surface area contributed by atoms with Gasteiger partial charge >= 0.3 is 0 Å². The van der Waals surface area contributed by atoms with Crippen LogP contribution in [0.5, 0.6) is 0 Å². The highest BCUT2D eigenvalue weighted by Gasteiger charge is 2.08. The normalized spacial score (nSPS) is 10.6. The summed E-state index contributed by atoms with van der Waals surface area (Å²) in [6.07, 6.45) is 0. The molecular weight excluding hydrogens is 240 g/mol. The van der Waals surface area contributed by atoms with E-state index in [-0.39, 0.29) is 10.5 Å². The van der Waals surface area contributed by atoms with Crippen LogP contribution in [0.15, 0.2) is 60.7 Å². The third-order valence-electron chi connectivity index (χ3n) is 2.76. The fourth-order valence-electron chi connectivity index (χ4n) is 1.91. The summed E-state index contributed by atoms with van der Waals surface area (Å²) >= 11 is 0. The highest BCUT2D eigenvalue weighted by Crippen LogP contribution is 2.21. The van der Waals surface area contributed by atoms with Crippen molar-refractivity contribution in [3.8, 4) is 0 Å². The van der Waals surface area contributed by atoms with E-state index >= 15 is 0 Å². The van der Waals surface area contributed by atoms with Crippen LogP contribution in [0.2, 0.25) is 0 Å². The predicted molar refractivity (Wildman–Crippen MR) is 81.8 cm³/mol. The molecule has 2 nitrogen and oxygen atoms in total. The van der Waals surface area contributed by atoms with E-state index in [1.54, 1.807) is 0 Å². The second-order valence-corrected chi connectivity index (χ2v) is 5.95. The van der Waals surface area contributed by atoms with Gasteiger partial charge in [0.2, 0.25) is 0 Å². The number of rotatable bonds is 4. The van der Waals surface area contributed by atoms with E-state index in [1.165, 1.54) is 16.0 Å². The van der Waals surface area contributed by atoms with Crippen LogP contribution in [0, 0.1) is 0 Å². The van der Waals surface area contributed by atoms with Gasteiger partial charge in [-0.3, -0.25) is 0 Å². The Morgan fingerprint density at radius 3 is 1.44 bits per heavy atom. The van der Waals surface area contributed by atoms with E-state index in [9.17, 15) is 0 Å². The molecule has 94 valence electrons. The lowest BCUT2D eigenvalue weighted by Gasteiger charge is -2.15. The SMILES string of the molecule is NCS(CN)=C(c1ccccc1)c1ccccc1. The molecule has 0 unspecified atom stereocenters. The molecule has 0 radical (unpaired) electrons. The molecule has 4 N–H and O–H groups in total. The molecule has 0 heterocycles. The van der Waals surface area contributed by atoms with Crippen molar-refractivity contribution >= 4 is 15.3 Å². The molecule has 0 fully saturated rings. The van der Waals surface area contributed by atoms with Crippen molar-refractivity contribution in [2.75, 3.05) is 11.8 Å². The molecule has 0 aliphatic rings. The molecule has 2 aromatic rings. The van der Waals surface area contributed by atoms with Gasteiger partial charge in [-0.25, -0.2) is 0 Å². The van der Waals surface area contributed by atoms with Crippen molar-refractivity contribution in [3.05, 3.63) is 71.8 Å². The zero-order chi connectivity index (χ0) is 12.8. The molecule has 0 saturated carbocycles. The molecule has 0 aliphatic heterocycles. The summed E-state index contributed by atoms with van der Waals surface area (Å²) in [6, 6.07) is 20.7. The molecule has 18 heavy (non-hydrogen) atoms. The van der Waals surface area contributed by atoms with Crippen LogP contribution in [-0.2, 0) is 0 Å². The van der Waals surface area contributed by atoms with Gasteiger partial charge in [-0.05, 0) is 11.1 Å². The first-order valence-electron chi connectivity index (χ1n) is 5.92. The Morgan fingerprint density at radius 2 is 1.11 bits per heavy atom. The van der Waals surface area contributed by atoms with E-state index in [0.29, 0.717) is 11.8 Å². The Kier molecular flexibility index (Phi) is 4.70. The lowest BCUT2D eigenvalue weighted by Crippen LogP contribution is -2.13. The van der Waals surface area contributed by atoms with Gasteiger partial charge in [0.15, 0.2) is 0 Å². The highest BCUT2D eigenvalue weighted by atomic mass is 32.2. The van der Waals surface area contributed by atoms with Crippen LogP contribution >= 0.6 is 10.5 Å². The highest BCUT2D eigenvalue weighted by molar-refractivity contribution is 8.16. The van der Waals surface area contributed by atoms with Gasteiger partial charge in [0.05, 0.1) is 0 Å². The van der Waals surface area contributed by atoms with Gasteiger partial charge in [0.1, 0.15) is 0 Å². The van der Waals surface area contributed by atoms with Crippen LogP contribution in [0.4, 0.5) is 0 Å². The van der Waals surface area contributed by atoms with Gasteiger partial charge in [-0.1, -0.05) is 60.7 Å². The Balaban J connectivity index is 2.59. The van der Waals surface area contributed by atoms with Gasteiger partial charge in [-0.15, -0.1) is 10.5 Å². The van der Waals surface area contributed by atoms with Crippen molar-refractivity contribution in [1.29, 1.82) is 0 Å². The third-order valence-corrected chi connectivity index (χ3v) is 4.62. The van der Waals surface area contributed by atoms with E-state index in [2.05, 4.69) is 24.3 Å². The Hall–Kier alpha value is -1.42. The maximum Gasteiger partial charge on any atom is 0.0361 e. The van der Waals surface area contributed by atoms with Crippen LogP contribution in [0.3, 0.4) is 0 Å². The number of hydrogen-bond acceptors (Lipinski definition) is 2. The smallest absolute Gasteiger partial charge is 0.0361 e. The molecule has 0 amide bonds. The summed E-state index contributed by atoms with van der Waals surface area (Å²) in [5.74, 6) is 1.19. The van der Waals surface area contributed by atoms with E-state index in [4.69, 9.17) is 11.5 Å². The summed E-state index contributed by atoms with van der Waals surface area (Å²) in [7, 11) is -0.106. The number of nitrogens with two attached hydrogens (primary N) is 2. The molecule has 2 aromatic carbocycles. The molecule has 0 aliphatic carbocycles. The molecule has 0 aromatic heterocycles. The number of hydrogen-bond donors (Lipinski definition) is 2. The van der Waals surface area contributed by atoms with Crippen LogP contribution in [-0.4, -0.2) is 16.6 Å². The number of benzene rings is 2. The minimum absolute atomic E-state index is 0.106. The van der Waals surface area contributed by atoms with Gasteiger partial charge < -0.3 is 11.5 Å². The summed E-state index contributed by atoms with van der Waals surface area (Å²) < 4.78 is 0. The maximum atomic E-state index is 5.87. The lowest BCUT2D eigenvalue weighted by atomic mass is 10.1. The van der Waals surface area contributed by atoms with Gasteiger partial charge in [0, 0.05) is 16.6 Å².